The van der Waals surface area contributed by atoms with Crippen LogP contribution in [0.3, 0.4) is 0 Å². The van der Waals surface area contributed by atoms with Crippen LogP contribution in [0, 0.1) is 14.1 Å². The molecule has 0 aliphatic rings. The van der Waals surface area contributed by atoms with Crippen LogP contribution in [0.4, 0.5) is 10.7 Å². The van der Waals surface area contributed by atoms with Crippen LogP contribution >= 0.6 is 35.2 Å². The molecule has 0 amide bonds. The van der Waals surface area contributed by atoms with Crippen molar-refractivity contribution < 1.29 is 4.92 Å². The standard InChI is InChI=1S/C17H14ClN3O2S2/c1-19(2)16-15(11-3-5-12(18)6-4-11)20(17(24)25-16)13-7-9-14(10-8-13)21(22)23/h3-10H,1-2H3. The average Bonchev–Trinajstić information content (AvgIpc) is 2.93. The van der Waals surface area contributed by atoms with Crippen LogP contribution in [0.25, 0.3) is 16.9 Å². The Morgan fingerprint density at radius 1 is 1.12 bits per heavy atom. The van der Waals surface area contributed by atoms with Gasteiger partial charge in [-0.15, -0.1) is 0 Å². The van der Waals surface area contributed by atoms with Gasteiger partial charge in [-0.25, -0.2) is 0 Å². The molecule has 0 bridgehead atoms. The summed E-state index contributed by atoms with van der Waals surface area (Å²) in [7, 11) is 3.92. The topological polar surface area (TPSA) is 51.3 Å². The van der Waals surface area contributed by atoms with E-state index in [1.807, 2.05) is 47.8 Å². The highest BCUT2D eigenvalue weighted by molar-refractivity contribution is 7.73. The summed E-state index contributed by atoms with van der Waals surface area (Å²) in [5.41, 5.74) is 2.74. The summed E-state index contributed by atoms with van der Waals surface area (Å²) in [6.45, 7) is 0. The lowest BCUT2D eigenvalue weighted by Crippen LogP contribution is -2.09. The second-order valence-corrected chi connectivity index (χ2v) is 7.59. The van der Waals surface area contributed by atoms with Crippen molar-refractivity contribution in [1.82, 2.24) is 4.57 Å². The first-order chi connectivity index (χ1) is 11.9. The molecule has 128 valence electrons. The van der Waals surface area contributed by atoms with Gasteiger partial charge >= 0.3 is 0 Å². The van der Waals surface area contributed by atoms with E-state index in [1.54, 1.807) is 12.1 Å². The molecule has 0 fully saturated rings. The number of nitro benzene ring substituents is 1. The van der Waals surface area contributed by atoms with Gasteiger partial charge in [-0.05, 0) is 36.5 Å². The smallest absolute Gasteiger partial charge is 0.269 e. The first kappa shape index (κ1) is 17.6. The fourth-order valence-corrected chi connectivity index (χ4v) is 3.99. The molecule has 0 radical (unpaired) electrons. The molecule has 0 spiro atoms. The second kappa shape index (κ2) is 6.95. The quantitative estimate of drug-likeness (QED) is 0.331. The molecule has 5 nitrogen and oxygen atoms in total. The Morgan fingerprint density at radius 3 is 2.24 bits per heavy atom. The van der Waals surface area contributed by atoms with Crippen molar-refractivity contribution in [2.45, 2.75) is 0 Å². The maximum absolute atomic E-state index is 10.9. The van der Waals surface area contributed by atoms with Gasteiger partial charge in [0.05, 0.1) is 10.6 Å². The van der Waals surface area contributed by atoms with Gasteiger partial charge in [0.1, 0.15) is 5.00 Å². The second-order valence-electron chi connectivity index (χ2n) is 5.53. The molecule has 0 atom stereocenters. The van der Waals surface area contributed by atoms with Crippen molar-refractivity contribution in [3.63, 3.8) is 0 Å². The summed E-state index contributed by atoms with van der Waals surface area (Å²) in [6.07, 6.45) is 0. The van der Waals surface area contributed by atoms with E-state index in [0.29, 0.717) is 8.98 Å². The Labute approximate surface area is 158 Å². The number of rotatable bonds is 4. The van der Waals surface area contributed by atoms with Gasteiger partial charge in [-0.1, -0.05) is 35.1 Å². The maximum atomic E-state index is 10.9. The lowest BCUT2D eigenvalue weighted by Gasteiger charge is -2.15. The Hall–Kier alpha value is -2.22. The largest absolute Gasteiger partial charge is 0.368 e. The van der Waals surface area contributed by atoms with Crippen molar-refractivity contribution in [2.75, 3.05) is 19.0 Å². The number of non-ortho nitro benzene ring substituents is 1. The molecule has 3 aromatic rings. The monoisotopic (exact) mass is 391 g/mol. The third kappa shape index (κ3) is 3.44. The van der Waals surface area contributed by atoms with Gasteiger partial charge in [0, 0.05) is 42.5 Å². The predicted molar refractivity (Wildman–Crippen MR) is 106 cm³/mol. The fourth-order valence-electron chi connectivity index (χ4n) is 2.48. The van der Waals surface area contributed by atoms with Crippen LogP contribution in [0.15, 0.2) is 48.5 Å². The molecule has 1 heterocycles. The normalized spacial score (nSPS) is 10.7. The number of anilines is 1. The molecule has 0 aliphatic carbocycles. The third-order valence-corrected chi connectivity index (χ3v) is 5.43. The van der Waals surface area contributed by atoms with Gasteiger partial charge in [0.2, 0.25) is 0 Å². The van der Waals surface area contributed by atoms with E-state index >= 15 is 0 Å². The molecule has 3 rings (SSSR count). The number of hydrogen-bond donors (Lipinski definition) is 0. The molecule has 0 unspecified atom stereocenters. The first-order valence-electron chi connectivity index (χ1n) is 7.32. The molecule has 2 aromatic carbocycles. The molecule has 1 aromatic heterocycles. The number of aromatic nitrogens is 1. The highest BCUT2D eigenvalue weighted by Gasteiger charge is 2.18. The maximum Gasteiger partial charge on any atom is 0.269 e. The van der Waals surface area contributed by atoms with Crippen LogP contribution in [-0.2, 0) is 0 Å². The molecule has 8 heteroatoms. The minimum Gasteiger partial charge on any atom is -0.368 e. The number of thiazole rings is 1. The van der Waals surface area contributed by atoms with Crippen molar-refractivity contribution in [1.29, 1.82) is 0 Å². The summed E-state index contributed by atoms with van der Waals surface area (Å²) < 4.78 is 2.60. The van der Waals surface area contributed by atoms with Gasteiger partial charge in [0.15, 0.2) is 3.95 Å². The van der Waals surface area contributed by atoms with Crippen LogP contribution in [0.5, 0.6) is 0 Å². The van der Waals surface area contributed by atoms with Gasteiger partial charge in [0.25, 0.3) is 5.69 Å². The van der Waals surface area contributed by atoms with Crippen molar-refractivity contribution in [3.8, 4) is 16.9 Å². The van der Waals surface area contributed by atoms with Crippen LogP contribution < -0.4 is 4.90 Å². The zero-order valence-corrected chi connectivity index (χ0v) is 15.9. The minimum atomic E-state index is -0.415. The van der Waals surface area contributed by atoms with E-state index in [0.717, 1.165) is 21.9 Å². The highest BCUT2D eigenvalue weighted by atomic mass is 35.5. The Bertz CT molecular complexity index is 977. The number of benzene rings is 2. The van der Waals surface area contributed by atoms with E-state index in [-0.39, 0.29) is 5.69 Å². The van der Waals surface area contributed by atoms with Gasteiger partial charge < -0.3 is 4.90 Å². The highest BCUT2D eigenvalue weighted by Crippen LogP contribution is 2.39. The molecule has 0 aliphatic heterocycles. The fraction of sp³-hybridized carbons (Fsp3) is 0.118. The number of nitrogens with zero attached hydrogens (tertiary/aromatic N) is 3. The van der Waals surface area contributed by atoms with Crippen molar-refractivity contribution >= 4 is 45.8 Å². The van der Waals surface area contributed by atoms with Crippen LogP contribution in [0.2, 0.25) is 5.02 Å². The molecule has 0 saturated carbocycles. The first-order valence-corrected chi connectivity index (χ1v) is 8.92. The molecule has 0 saturated heterocycles. The molecule has 0 N–H and O–H groups in total. The van der Waals surface area contributed by atoms with Gasteiger partial charge in [-0.3, -0.25) is 14.7 Å². The van der Waals surface area contributed by atoms with E-state index < -0.39 is 4.92 Å². The lowest BCUT2D eigenvalue weighted by atomic mass is 10.1. The molecular formula is C17H14ClN3O2S2. The SMILES string of the molecule is CN(C)c1sc(=S)n(-c2ccc([N+](=O)[O-])cc2)c1-c1ccc(Cl)cc1. The van der Waals surface area contributed by atoms with Crippen molar-refractivity contribution in [3.05, 3.63) is 67.6 Å². The van der Waals surface area contributed by atoms with E-state index in [4.69, 9.17) is 23.8 Å². The van der Waals surface area contributed by atoms with Crippen LogP contribution in [0.1, 0.15) is 0 Å². The van der Waals surface area contributed by atoms with E-state index in [2.05, 4.69) is 0 Å². The number of halogens is 1. The Morgan fingerprint density at radius 2 is 1.72 bits per heavy atom. The molecular weight excluding hydrogens is 378 g/mol. The Balaban J connectivity index is 2.24. The predicted octanol–water partition coefficient (Wildman–Crippen LogP) is 5.56. The lowest BCUT2D eigenvalue weighted by molar-refractivity contribution is -0.384. The summed E-state index contributed by atoms with van der Waals surface area (Å²) in [6, 6.07) is 13.9. The van der Waals surface area contributed by atoms with E-state index in [9.17, 15) is 10.1 Å². The average molecular weight is 392 g/mol. The van der Waals surface area contributed by atoms with Gasteiger partial charge in [-0.2, -0.15) is 0 Å². The summed E-state index contributed by atoms with van der Waals surface area (Å²) in [5, 5.41) is 12.6. The summed E-state index contributed by atoms with van der Waals surface area (Å²) in [5.74, 6) is 0. The zero-order valence-electron chi connectivity index (χ0n) is 13.5. The zero-order chi connectivity index (χ0) is 18.1. The Kier molecular flexibility index (Phi) is 4.89. The van der Waals surface area contributed by atoms with E-state index in [1.165, 1.54) is 23.5 Å². The molecule has 25 heavy (non-hydrogen) atoms. The third-order valence-electron chi connectivity index (χ3n) is 3.64. The van der Waals surface area contributed by atoms with Crippen LogP contribution in [-0.4, -0.2) is 23.6 Å². The summed E-state index contributed by atoms with van der Waals surface area (Å²) in [4.78, 5) is 12.5. The van der Waals surface area contributed by atoms with Crippen molar-refractivity contribution in [2.24, 2.45) is 0 Å². The number of hydrogen-bond acceptors (Lipinski definition) is 5. The number of nitro groups is 1. The summed E-state index contributed by atoms with van der Waals surface area (Å²) >= 11 is 13.1. The minimum absolute atomic E-state index is 0.0476.